The van der Waals surface area contributed by atoms with E-state index in [1.165, 1.54) is 6.92 Å². The molecule has 0 bridgehead atoms. The predicted molar refractivity (Wildman–Crippen MR) is 85.9 cm³/mol. The van der Waals surface area contributed by atoms with Crippen LogP contribution in [0.3, 0.4) is 0 Å². The van der Waals surface area contributed by atoms with E-state index in [1.54, 1.807) is 0 Å². The zero-order valence-corrected chi connectivity index (χ0v) is 13.7. The molecule has 0 spiro atoms. The average molecular weight is 352 g/mol. The van der Waals surface area contributed by atoms with E-state index in [0.717, 1.165) is 0 Å². The SMILES string of the molecule is CC(N)C(=O)NC(CS)C(=O)NC(CS)C(=O)NCC(=O)O. The van der Waals surface area contributed by atoms with E-state index in [0.29, 0.717) is 0 Å². The summed E-state index contributed by atoms with van der Waals surface area (Å²) in [5, 5.41) is 15.4. The monoisotopic (exact) mass is 352 g/mol. The highest BCUT2D eigenvalue weighted by Crippen LogP contribution is 1.95. The Morgan fingerprint density at radius 1 is 1.00 bits per heavy atom. The van der Waals surface area contributed by atoms with Gasteiger partial charge in [-0.15, -0.1) is 0 Å². The van der Waals surface area contributed by atoms with E-state index in [9.17, 15) is 19.2 Å². The van der Waals surface area contributed by atoms with E-state index in [4.69, 9.17) is 10.8 Å². The summed E-state index contributed by atoms with van der Waals surface area (Å²) in [6.45, 7) is 0.884. The van der Waals surface area contributed by atoms with Gasteiger partial charge in [-0.2, -0.15) is 25.3 Å². The molecule has 3 amide bonds. The number of aliphatic carboxylic acids is 1. The molecule has 0 heterocycles. The number of amides is 3. The number of nitrogens with one attached hydrogen (secondary N) is 3. The van der Waals surface area contributed by atoms with Gasteiger partial charge in [-0.05, 0) is 6.92 Å². The number of nitrogens with two attached hydrogens (primary N) is 1. The Labute approximate surface area is 138 Å². The van der Waals surface area contributed by atoms with Gasteiger partial charge in [0.25, 0.3) is 0 Å². The Morgan fingerprint density at radius 3 is 1.86 bits per heavy atom. The lowest BCUT2D eigenvalue weighted by atomic mass is 10.2. The van der Waals surface area contributed by atoms with Crippen molar-refractivity contribution in [3.8, 4) is 0 Å². The van der Waals surface area contributed by atoms with E-state index in [2.05, 4.69) is 41.2 Å². The van der Waals surface area contributed by atoms with Crippen molar-refractivity contribution in [1.29, 1.82) is 0 Å². The van der Waals surface area contributed by atoms with Crippen molar-refractivity contribution >= 4 is 48.9 Å². The van der Waals surface area contributed by atoms with Gasteiger partial charge < -0.3 is 26.8 Å². The number of carboxylic acids is 1. The Bertz CT molecular complexity index is 433. The molecule has 0 radical (unpaired) electrons. The average Bonchev–Trinajstić information content (AvgIpc) is 2.46. The topological polar surface area (TPSA) is 151 Å². The highest BCUT2D eigenvalue weighted by atomic mass is 32.1. The Hall–Kier alpha value is -1.46. The Balaban J connectivity index is 4.64. The van der Waals surface area contributed by atoms with Crippen LogP contribution in [0, 0.1) is 0 Å². The first kappa shape index (κ1) is 20.5. The number of carbonyl (C=O) groups excluding carboxylic acids is 3. The number of carboxylic acid groups (broad SMARTS) is 1. The van der Waals surface area contributed by atoms with Crippen molar-refractivity contribution < 1.29 is 24.3 Å². The highest BCUT2D eigenvalue weighted by molar-refractivity contribution is 7.80. The van der Waals surface area contributed by atoms with Crippen LogP contribution >= 0.6 is 25.3 Å². The lowest BCUT2D eigenvalue weighted by Crippen LogP contribution is -2.56. The molecule has 9 nitrogen and oxygen atoms in total. The quantitative estimate of drug-likeness (QED) is 0.225. The maximum atomic E-state index is 12.0. The molecule has 22 heavy (non-hydrogen) atoms. The second kappa shape index (κ2) is 10.3. The first-order valence-corrected chi connectivity index (χ1v) is 7.57. The normalized spacial score (nSPS) is 14.4. The molecule has 0 rings (SSSR count). The molecule has 0 aliphatic heterocycles. The lowest BCUT2D eigenvalue weighted by Gasteiger charge is -2.21. The summed E-state index contributed by atoms with van der Waals surface area (Å²) in [6.07, 6.45) is 0. The molecule has 0 saturated heterocycles. The number of hydrogen-bond acceptors (Lipinski definition) is 7. The van der Waals surface area contributed by atoms with E-state index in [1.807, 2.05) is 0 Å². The van der Waals surface area contributed by atoms with Crippen LogP contribution in [0.25, 0.3) is 0 Å². The number of rotatable bonds is 9. The predicted octanol–water partition coefficient (Wildman–Crippen LogP) is -2.64. The molecule has 0 aromatic carbocycles. The van der Waals surface area contributed by atoms with Gasteiger partial charge >= 0.3 is 5.97 Å². The highest BCUT2D eigenvalue weighted by Gasteiger charge is 2.26. The molecular formula is C11H20N4O5S2. The van der Waals surface area contributed by atoms with Crippen molar-refractivity contribution in [3.63, 3.8) is 0 Å². The minimum atomic E-state index is -1.21. The zero-order valence-electron chi connectivity index (χ0n) is 11.9. The van der Waals surface area contributed by atoms with Crippen molar-refractivity contribution in [2.45, 2.75) is 25.0 Å². The Kier molecular flexibility index (Phi) is 9.61. The smallest absolute Gasteiger partial charge is 0.322 e. The minimum Gasteiger partial charge on any atom is -0.480 e. The summed E-state index contributed by atoms with van der Waals surface area (Å²) < 4.78 is 0. The van der Waals surface area contributed by atoms with Gasteiger partial charge in [0.2, 0.25) is 17.7 Å². The second-order valence-electron chi connectivity index (χ2n) is 4.39. The largest absolute Gasteiger partial charge is 0.480 e. The van der Waals surface area contributed by atoms with E-state index < -0.39 is 48.4 Å². The third kappa shape index (κ3) is 7.52. The van der Waals surface area contributed by atoms with Crippen molar-refractivity contribution in [1.82, 2.24) is 16.0 Å². The van der Waals surface area contributed by atoms with Gasteiger partial charge in [-0.1, -0.05) is 0 Å². The van der Waals surface area contributed by atoms with E-state index >= 15 is 0 Å². The van der Waals surface area contributed by atoms with Crippen molar-refractivity contribution in [3.05, 3.63) is 0 Å². The number of carbonyl (C=O) groups is 4. The Morgan fingerprint density at radius 2 is 1.45 bits per heavy atom. The molecule has 126 valence electrons. The summed E-state index contributed by atoms with van der Waals surface area (Å²) in [4.78, 5) is 45.5. The number of thiol groups is 2. The second-order valence-corrected chi connectivity index (χ2v) is 5.12. The fraction of sp³-hybridized carbons (Fsp3) is 0.636. The standard InChI is InChI=1S/C11H20N4O5S2/c1-5(12)9(18)14-7(4-22)11(20)15-6(3-21)10(19)13-2-8(16)17/h5-7,21-22H,2-4,12H2,1H3,(H,13,19)(H,14,18)(H,15,20)(H,16,17). The first-order valence-electron chi connectivity index (χ1n) is 6.30. The van der Waals surface area contributed by atoms with Crippen LogP contribution < -0.4 is 21.7 Å². The molecule has 6 N–H and O–H groups in total. The van der Waals surface area contributed by atoms with Crippen molar-refractivity contribution in [2.75, 3.05) is 18.1 Å². The molecule has 0 saturated carbocycles. The molecule has 0 aliphatic carbocycles. The summed E-state index contributed by atoms with van der Waals surface area (Å²) in [7, 11) is 0. The van der Waals surface area contributed by atoms with Gasteiger partial charge in [0.05, 0.1) is 6.04 Å². The number of hydrogen-bond donors (Lipinski definition) is 7. The fourth-order valence-electron chi connectivity index (χ4n) is 1.25. The third-order valence-electron chi connectivity index (χ3n) is 2.46. The summed E-state index contributed by atoms with van der Waals surface area (Å²) >= 11 is 7.88. The van der Waals surface area contributed by atoms with Crippen LogP contribution in [0.1, 0.15) is 6.92 Å². The van der Waals surface area contributed by atoms with Gasteiger partial charge in [0.15, 0.2) is 0 Å². The fourth-order valence-corrected chi connectivity index (χ4v) is 1.76. The lowest BCUT2D eigenvalue weighted by molar-refractivity contribution is -0.138. The van der Waals surface area contributed by atoms with Crippen LogP contribution in [0.4, 0.5) is 0 Å². The van der Waals surface area contributed by atoms with Gasteiger partial charge in [-0.25, -0.2) is 0 Å². The van der Waals surface area contributed by atoms with Crippen LogP contribution in [0.5, 0.6) is 0 Å². The van der Waals surface area contributed by atoms with Crippen LogP contribution in [0.15, 0.2) is 0 Å². The van der Waals surface area contributed by atoms with Crippen LogP contribution in [-0.4, -0.2) is 65.0 Å². The molecule has 3 unspecified atom stereocenters. The van der Waals surface area contributed by atoms with Crippen LogP contribution in [0.2, 0.25) is 0 Å². The summed E-state index contributed by atoms with van der Waals surface area (Å²) in [6, 6.07) is -2.81. The molecular weight excluding hydrogens is 332 g/mol. The van der Waals surface area contributed by atoms with E-state index in [-0.39, 0.29) is 11.5 Å². The molecule has 0 aromatic rings. The third-order valence-corrected chi connectivity index (χ3v) is 3.19. The van der Waals surface area contributed by atoms with Gasteiger partial charge in [0, 0.05) is 11.5 Å². The summed E-state index contributed by atoms with van der Waals surface area (Å²) in [5.41, 5.74) is 5.38. The first-order chi connectivity index (χ1) is 10.2. The summed E-state index contributed by atoms with van der Waals surface area (Å²) in [5.74, 6) is -3.13. The minimum absolute atomic E-state index is 0.000327. The van der Waals surface area contributed by atoms with Gasteiger partial charge in [-0.3, -0.25) is 19.2 Å². The van der Waals surface area contributed by atoms with Gasteiger partial charge in [0.1, 0.15) is 18.6 Å². The molecule has 0 aromatic heterocycles. The molecule has 0 fully saturated rings. The molecule has 3 atom stereocenters. The zero-order chi connectivity index (χ0) is 17.3. The maximum absolute atomic E-state index is 12.0. The van der Waals surface area contributed by atoms with Crippen molar-refractivity contribution in [2.24, 2.45) is 5.73 Å². The molecule has 0 aliphatic rings. The van der Waals surface area contributed by atoms with Crippen LogP contribution in [-0.2, 0) is 19.2 Å². The molecule has 11 heteroatoms. The maximum Gasteiger partial charge on any atom is 0.322 e.